The molecular formula is C38H39ClF2N8O7. The Bertz CT molecular complexity index is 2210. The lowest BCUT2D eigenvalue weighted by atomic mass is 9.94. The highest BCUT2D eigenvalue weighted by molar-refractivity contribution is 6.34. The maximum Gasteiger partial charge on any atom is 0.411 e. The zero-order valence-electron chi connectivity index (χ0n) is 31.1. The molecule has 0 radical (unpaired) electrons. The SMILES string of the molecule is COC(=O)C1CN(C(=O)C2CCN(C(=O)c3ccc(Nc4nccn5c(-c6ccc(OCC#N)c(F)c6F)cnc45)cc3Cl)CC2)CCN1C(=O)OC(C)(C)C. The van der Waals surface area contributed by atoms with Gasteiger partial charge in [-0.25, -0.2) is 23.9 Å². The maximum absolute atomic E-state index is 15.1. The predicted octanol–water partition coefficient (Wildman–Crippen LogP) is 5.45. The third-order valence-electron chi connectivity index (χ3n) is 9.43. The first-order valence-electron chi connectivity index (χ1n) is 17.7. The number of amides is 3. The van der Waals surface area contributed by atoms with E-state index in [1.807, 2.05) is 0 Å². The quantitative estimate of drug-likeness (QED) is 0.225. The minimum atomic E-state index is -1.23. The molecule has 1 atom stereocenters. The molecule has 6 rings (SSSR count). The first-order chi connectivity index (χ1) is 26.7. The van der Waals surface area contributed by atoms with E-state index in [9.17, 15) is 23.6 Å². The van der Waals surface area contributed by atoms with Crippen LogP contribution in [-0.4, -0.2) is 111 Å². The van der Waals surface area contributed by atoms with E-state index < -0.39 is 41.9 Å². The summed E-state index contributed by atoms with van der Waals surface area (Å²) in [6.45, 7) is 5.65. The Morgan fingerprint density at radius 2 is 1.77 bits per heavy atom. The van der Waals surface area contributed by atoms with Crippen molar-refractivity contribution < 1.29 is 42.2 Å². The van der Waals surface area contributed by atoms with Crippen molar-refractivity contribution in [3.05, 3.63) is 71.1 Å². The Morgan fingerprint density at radius 1 is 1.02 bits per heavy atom. The Balaban J connectivity index is 1.08. The average Bonchev–Trinajstić information content (AvgIpc) is 3.62. The van der Waals surface area contributed by atoms with Crippen LogP contribution in [0.2, 0.25) is 5.02 Å². The van der Waals surface area contributed by atoms with Gasteiger partial charge in [-0.15, -0.1) is 0 Å². The van der Waals surface area contributed by atoms with Gasteiger partial charge >= 0.3 is 12.1 Å². The second-order valence-electron chi connectivity index (χ2n) is 14.2. The zero-order valence-corrected chi connectivity index (χ0v) is 31.8. The third kappa shape index (κ3) is 8.30. The van der Waals surface area contributed by atoms with Gasteiger partial charge < -0.3 is 29.3 Å². The molecule has 4 aromatic rings. The molecule has 18 heteroatoms. The number of nitrogens with one attached hydrogen (secondary N) is 1. The molecule has 2 aliphatic rings. The number of nitrogens with zero attached hydrogens (tertiary/aromatic N) is 7. The van der Waals surface area contributed by atoms with E-state index in [4.69, 9.17) is 31.1 Å². The minimum absolute atomic E-state index is 0.0290. The first kappa shape index (κ1) is 39.7. The van der Waals surface area contributed by atoms with Gasteiger partial charge in [-0.2, -0.15) is 9.65 Å². The molecular weight excluding hydrogens is 754 g/mol. The largest absolute Gasteiger partial charge is 0.476 e. The number of fused-ring (bicyclic) bond motifs is 1. The Morgan fingerprint density at radius 3 is 2.45 bits per heavy atom. The number of hydrogen-bond donors (Lipinski definition) is 1. The van der Waals surface area contributed by atoms with E-state index in [0.717, 1.165) is 0 Å². The van der Waals surface area contributed by atoms with Gasteiger partial charge in [0.2, 0.25) is 11.7 Å². The van der Waals surface area contributed by atoms with Gasteiger partial charge in [0.05, 0.1) is 36.1 Å². The fourth-order valence-corrected chi connectivity index (χ4v) is 6.94. The molecule has 294 valence electrons. The summed E-state index contributed by atoms with van der Waals surface area (Å²) >= 11 is 6.62. The van der Waals surface area contributed by atoms with Gasteiger partial charge in [-0.1, -0.05) is 11.6 Å². The molecule has 2 aromatic carbocycles. The molecule has 0 spiro atoms. The average molecular weight is 793 g/mol. The lowest BCUT2D eigenvalue weighted by molar-refractivity contribution is -0.152. The Labute approximate surface area is 325 Å². The number of carbonyl (C=O) groups is 4. The monoisotopic (exact) mass is 792 g/mol. The number of aromatic nitrogens is 3. The normalized spacial score (nSPS) is 16.3. The van der Waals surface area contributed by atoms with Gasteiger partial charge in [0, 0.05) is 55.7 Å². The van der Waals surface area contributed by atoms with E-state index in [1.165, 1.54) is 47.1 Å². The molecule has 1 unspecified atom stereocenters. The van der Waals surface area contributed by atoms with E-state index in [0.29, 0.717) is 37.3 Å². The number of nitriles is 1. The van der Waals surface area contributed by atoms with Crippen molar-refractivity contribution in [1.82, 2.24) is 29.1 Å². The highest BCUT2D eigenvalue weighted by atomic mass is 35.5. The van der Waals surface area contributed by atoms with Crippen LogP contribution in [0.3, 0.4) is 0 Å². The summed E-state index contributed by atoms with van der Waals surface area (Å²) in [4.78, 5) is 65.8. The smallest absolute Gasteiger partial charge is 0.411 e. The third-order valence-corrected chi connectivity index (χ3v) is 9.74. The van der Waals surface area contributed by atoms with Crippen molar-refractivity contribution in [1.29, 1.82) is 5.26 Å². The van der Waals surface area contributed by atoms with Crippen molar-refractivity contribution in [3.63, 3.8) is 0 Å². The number of piperidine rings is 1. The molecule has 2 aliphatic heterocycles. The first-order valence-corrected chi connectivity index (χ1v) is 18.1. The topological polar surface area (TPSA) is 172 Å². The number of anilines is 2. The van der Waals surface area contributed by atoms with Crippen LogP contribution in [0, 0.1) is 28.9 Å². The Hall–Kier alpha value is -6.02. The summed E-state index contributed by atoms with van der Waals surface area (Å²) in [7, 11) is 1.22. The number of carbonyl (C=O) groups excluding carboxylic acids is 4. The van der Waals surface area contributed by atoms with Crippen LogP contribution in [0.5, 0.6) is 5.75 Å². The summed E-state index contributed by atoms with van der Waals surface area (Å²) in [6, 6.07) is 8.05. The second-order valence-corrected chi connectivity index (χ2v) is 14.6. The highest BCUT2D eigenvalue weighted by Crippen LogP contribution is 2.33. The Kier molecular flexibility index (Phi) is 11.6. The second kappa shape index (κ2) is 16.4. The number of benzene rings is 2. The number of ether oxygens (including phenoxy) is 3. The van der Waals surface area contributed by atoms with E-state index >= 15 is 4.39 Å². The van der Waals surface area contributed by atoms with Gasteiger partial charge in [-0.3, -0.25) is 18.9 Å². The maximum atomic E-state index is 15.1. The van der Waals surface area contributed by atoms with Crippen LogP contribution in [-0.2, 0) is 19.1 Å². The summed E-state index contributed by atoms with van der Waals surface area (Å²) < 4.78 is 46.6. The molecule has 15 nitrogen and oxygen atoms in total. The summed E-state index contributed by atoms with van der Waals surface area (Å²) in [5.41, 5.74) is 0.431. The van der Waals surface area contributed by atoms with Crippen molar-refractivity contribution in [2.45, 2.75) is 45.3 Å². The highest BCUT2D eigenvalue weighted by Gasteiger charge is 2.41. The van der Waals surface area contributed by atoms with E-state index in [1.54, 1.807) is 54.8 Å². The number of rotatable bonds is 8. The molecule has 2 saturated heterocycles. The van der Waals surface area contributed by atoms with Gasteiger partial charge in [0.1, 0.15) is 11.7 Å². The van der Waals surface area contributed by atoms with Gasteiger partial charge in [-0.05, 0) is 63.9 Å². The fraction of sp³-hybridized carbons (Fsp3) is 0.395. The summed E-state index contributed by atoms with van der Waals surface area (Å²) in [6.07, 6.45) is 4.50. The van der Waals surface area contributed by atoms with Crippen molar-refractivity contribution in [3.8, 4) is 23.1 Å². The lowest BCUT2D eigenvalue weighted by Crippen LogP contribution is -2.61. The molecule has 3 amide bonds. The molecule has 0 bridgehead atoms. The summed E-state index contributed by atoms with van der Waals surface area (Å²) in [5, 5.41) is 12.0. The number of esters is 1. The van der Waals surface area contributed by atoms with Gasteiger partial charge in [0.25, 0.3) is 5.91 Å². The van der Waals surface area contributed by atoms with Crippen LogP contribution in [0.15, 0.2) is 48.9 Å². The fourth-order valence-electron chi connectivity index (χ4n) is 6.68. The summed E-state index contributed by atoms with van der Waals surface area (Å²) in [5.74, 6) is -4.00. The molecule has 2 aromatic heterocycles. The van der Waals surface area contributed by atoms with E-state index in [2.05, 4.69) is 15.3 Å². The van der Waals surface area contributed by atoms with Crippen LogP contribution in [0.1, 0.15) is 44.0 Å². The van der Waals surface area contributed by atoms with Crippen molar-refractivity contribution >= 4 is 52.6 Å². The van der Waals surface area contributed by atoms with Crippen LogP contribution in [0.25, 0.3) is 16.9 Å². The number of piperazine rings is 1. The van der Waals surface area contributed by atoms with E-state index in [-0.39, 0.29) is 70.8 Å². The lowest BCUT2D eigenvalue weighted by Gasteiger charge is -2.42. The van der Waals surface area contributed by atoms with Gasteiger partial charge in [0.15, 0.2) is 35.7 Å². The molecule has 2 fully saturated rings. The zero-order chi connectivity index (χ0) is 40.3. The molecule has 4 heterocycles. The predicted molar refractivity (Wildman–Crippen MR) is 198 cm³/mol. The van der Waals surface area contributed by atoms with Crippen molar-refractivity contribution in [2.24, 2.45) is 5.92 Å². The molecule has 0 aliphatic carbocycles. The molecule has 0 saturated carbocycles. The molecule has 56 heavy (non-hydrogen) atoms. The number of imidazole rings is 1. The van der Waals surface area contributed by atoms with Crippen LogP contribution in [0.4, 0.5) is 25.1 Å². The standard InChI is InChI=1S/C38H39ClF2N8O7/c1-38(2,3)56-37(53)49-17-16-47(21-28(49)36(52)54-4)34(50)22-9-13-46(14-10-22)35(51)24-6-5-23(19-26(24)39)45-32-33-44-20-27(48(33)15-12-43-32)25-7-8-29(55-18-11-42)31(41)30(25)40/h5-8,12,15,19-20,22,28H,9-10,13-14,16-18,21H2,1-4H3,(H,43,45). The number of halogens is 3. The minimum Gasteiger partial charge on any atom is -0.476 e. The molecule has 1 N–H and O–H groups in total. The number of likely N-dealkylation sites (tertiary alicyclic amines) is 1. The number of methoxy groups -OCH3 is 1. The number of hydrogen-bond acceptors (Lipinski definition) is 11. The van der Waals surface area contributed by atoms with Crippen LogP contribution < -0.4 is 10.1 Å². The van der Waals surface area contributed by atoms with Crippen LogP contribution >= 0.6 is 11.6 Å². The van der Waals surface area contributed by atoms with Crippen molar-refractivity contribution in [2.75, 3.05) is 51.8 Å².